The smallest absolute Gasteiger partial charge is 0.0554 e. The molecule has 2 fully saturated rings. The fraction of sp³-hybridized carbons (Fsp3) is 1.00. The summed E-state index contributed by atoms with van der Waals surface area (Å²) in [5.74, 6) is 0. The lowest BCUT2D eigenvalue weighted by Gasteiger charge is -2.38. The van der Waals surface area contributed by atoms with Gasteiger partial charge in [0.2, 0.25) is 0 Å². The second-order valence-electron chi connectivity index (χ2n) is 5.34. The van der Waals surface area contributed by atoms with Crippen molar-refractivity contribution in [3.05, 3.63) is 0 Å². The van der Waals surface area contributed by atoms with E-state index >= 15 is 0 Å². The first-order chi connectivity index (χ1) is 7.23. The molecule has 88 valence electrons. The molecule has 1 saturated heterocycles. The van der Waals surface area contributed by atoms with E-state index in [2.05, 4.69) is 24.1 Å². The lowest BCUT2D eigenvalue weighted by molar-refractivity contribution is -0.0990. The molecule has 2 rings (SSSR count). The van der Waals surface area contributed by atoms with Gasteiger partial charge < -0.3 is 10.1 Å². The molecule has 0 aromatic carbocycles. The molecule has 0 atom stereocenters. The Labute approximate surface area is 93.2 Å². The van der Waals surface area contributed by atoms with Gasteiger partial charge in [0.05, 0.1) is 13.2 Å². The van der Waals surface area contributed by atoms with Gasteiger partial charge in [0.15, 0.2) is 0 Å². The van der Waals surface area contributed by atoms with Crippen molar-refractivity contribution in [1.29, 1.82) is 0 Å². The molecule has 1 heterocycles. The molecule has 1 saturated carbocycles. The third kappa shape index (κ3) is 3.16. The lowest BCUT2D eigenvalue weighted by atomic mass is 9.89. The molecule has 1 N–H and O–H groups in total. The van der Waals surface area contributed by atoms with Gasteiger partial charge in [-0.05, 0) is 19.4 Å². The summed E-state index contributed by atoms with van der Waals surface area (Å²) in [5.41, 5.74) is 0.413. The van der Waals surface area contributed by atoms with Gasteiger partial charge in [-0.25, -0.2) is 0 Å². The normalized spacial score (nSPS) is 24.2. The highest BCUT2D eigenvalue weighted by atomic mass is 16.5. The Balaban J connectivity index is 1.53. The number of hydrogen-bond acceptors (Lipinski definition) is 3. The number of nitrogens with one attached hydrogen (secondary N) is 1. The first kappa shape index (κ1) is 11.4. The zero-order chi connectivity index (χ0) is 10.7. The van der Waals surface area contributed by atoms with Crippen LogP contribution in [0.25, 0.3) is 0 Å². The standard InChI is InChI=1S/C12H24N2O/c1-3-14(11-4-5-11)7-6-13-8-12(2)9-15-10-12/h11,13H,3-10H2,1-2H3. The van der Waals surface area contributed by atoms with Crippen molar-refractivity contribution in [2.75, 3.05) is 39.4 Å². The molecular formula is C12H24N2O. The maximum atomic E-state index is 5.23. The van der Waals surface area contributed by atoms with Crippen LogP contribution < -0.4 is 5.32 Å². The maximum Gasteiger partial charge on any atom is 0.0554 e. The average Bonchev–Trinajstić information content (AvgIpc) is 2.99. The lowest BCUT2D eigenvalue weighted by Crippen LogP contribution is -2.48. The van der Waals surface area contributed by atoms with E-state index in [1.165, 1.54) is 25.9 Å². The Kier molecular flexibility index (Phi) is 3.65. The van der Waals surface area contributed by atoms with Crippen LogP contribution in [0, 0.1) is 5.41 Å². The second-order valence-corrected chi connectivity index (χ2v) is 5.34. The zero-order valence-corrected chi connectivity index (χ0v) is 10.1. The summed E-state index contributed by atoms with van der Waals surface area (Å²) < 4.78 is 5.23. The first-order valence-corrected chi connectivity index (χ1v) is 6.26. The molecule has 0 spiro atoms. The van der Waals surface area contributed by atoms with E-state index < -0.39 is 0 Å². The van der Waals surface area contributed by atoms with Crippen LogP contribution in [0.3, 0.4) is 0 Å². The monoisotopic (exact) mass is 212 g/mol. The van der Waals surface area contributed by atoms with Crippen LogP contribution in [0.1, 0.15) is 26.7 Å². The summed E-state index contributed by atoms with van der Waals surface area (Å²) in [6.07, 6.45) is 2.83. The third-order valence-corrected chi connectivity index (χ3v) is 3.50. The van der Waals surface area contributed by atoms with Gasteiger partial charge >= 0.3 is 0 Å². The zero-order valence-electron chi connectivity index (χ0n) is 10.1. The van der Waals surface area contributed by atoms with E-state index in [9.17, 15) is 0 Å². The number of rotatable bonds is 7. The Morgan fingerprint density at radius 3 is 2.60 bits per heavy atom. The molecule has 0 bridgehead atoms. The SMILES string of the molecule is CCN(CCNCC1(C)COC1)C1CC1. The Morgan fingerprint density at radius 2 is 2.13 bits per heavy atom. The highest BCUT2D eigenvalue weighted by Gasteiger charge is 2.33. The molecule has 3 heteroatoms. The number of ether oxygens (including phenoxy) is 1. The van der Waals surface area contributed by atoms with Gasteiger partial charge in [-0.1, -0.05) is 13.8 Å². The minimum Gasteiger partial charge on any atom is -0.380 e. The number of likely N-dealkylation sites (N-methyl/N-ethyl adjacent to an activating group) is 1. The van der Waals surface area contributed by atoms with Gasteiger partial charge in [-0.3, -0.25) is 4.90 Å². The van der Waals surface area contributed by atoms with Crippen molar-refractivity contribution >= 4 is 0 Å². The Bertz CT molecular complexity index is 200. The molecule has 3 nitrogen and oxygen atoms in total. The van der Waals surface area contributed by atoms with Crippen LogP contribution in [0.5, 0.6) is 0 Å². The topological polar surface area (TPSA) is 24.5 Å². The van der Waals surface area contributed by atoms with Crippen LogP contribution in [0.4, 0.5) is 0 Å². The fourth-order valence-corrected chi connectivity index (χ4v) is 2.20. The maximum absolute atomic E-state index is 5.23. The molecule has 0 radical (unpaired) electrons. The van der Waals surface area contributed by atoms with Gasteiger partial charge in [-0.2, -0.15) is 0 Å². The fourth-order valence-electron chi connectivity index (χ4n) is 2.20. The van der Waals surface area contributed by atoms with Crippen LogP contribution in [-0.2, 0) is 4.74 Å². The summed E-state index contributed by atoms with van der Waals surface area (Å²) in [6.45, 7) is 11.1. The minimum atomic E-state index is 0.413. The third-order valence-electron chi connectivity index (χ3n) is 3.50. The van der Waals surface area contributed by atoms with E-state index in [1.54, 1.807) is 0 Å². The van der Waals surface area contributed by atoms with Crippen molar-refractivity contribution in [3.63, 3.8) is 0 Å². The van der Waals surface area contributed by atoms with Crippen LogP contribution in [-0.4, -0.2) is 50.3 Å². The molecule has 0 unspecified atom stereocenters. The molecule has 0 aromatic heterocycles. The van der Waals surface area contributed by atoms with Crippen molar-refractivity contribution in [2.45, 2.75) is 32.7 Å². The molecule has 15 heavy (non-hydrogen) atoms. The van der Waals surface area contributed by atoms with Crippen molar-refractivity contribution < 1.29 is 4.74 Å². The number of nitrogens with zero attached hydrogens (tertiary/aromatic N) is 1. The quantitative estimate of drug-likeness (QED) is 0.640. The van der Waals surface area contributed by atoms with Gasteiger partial charge in [0.1, 0.15) is 0 Å². The van der Waals surface area contributed by atoms with Crippen LogP contribution in [0.2, 0.25) is 0 Å². The minimum absolute atomic E-state index is 0.413. The second kappa shape index (κ2) is 4.81. The highest BCUT2D eigenvalue weighted by Crippen LogP contribution is 2.26. The molecular weight excluding hydrogens is 188 g/mol. The summed E-state index contributed by atoms with van der Waals surface area (Å²) in [7, 11) is 0. The summed E-state index contributed by atoms with van der Waals surface area (Å²) in [4.78, 5) is 2.59. The Hall–Kier alpha value is -0.120. The highest BCUT2D eigenvalue weighted by molar-refractivity contribution is 4.85. The molecule has 0 amide bonds. The van der Waals surface area contributed by atoms with Crippen molar-refractivity contribution in [1.82, 2.24) is 10.2 Å². The first-order valence-electron chi connectivity index (χ1n) is 6.26. The molecule has 1 aliphatic heterocycles. The Morgan fingerprint density at radius 1 is 1.40 bits per heavy atom. The predicted molar refractivity (Wildman–Crippen MR) is 62.1 cm³/mol. The van der Waals surface area contributed by atoms with Crippen LogP contribution in [0.15, 0.2) is 0 Å². The van der Waals surface area contributed by atoms with Gasteiger partial charge in [0.25, 0.3) is 0 Å². The van der Waals surface area contributed by atoms with E-state index in [0.29, 0.717) is 5.41 Å². The van der Waals surface area contributed by atoms with Gasteiger partial charge in [0, 0.05) is 31.1 Å². The van der Waals surface area contributed by atoms with E-state index in [1.807, 2.05) is 0 Å². The van der Waals surface area contributed by atoms with E-state index in [0.717, 1.165) is 32.3 Å². The van der Waals surface area contributed by atoms with Crippen molar-refractivity contribution in [3.8, 4) is 0 Å². The number of hydrogen-bond donors (Lipinski definition) is 1. The summed E-state index contributed by atoms with van der Waals surface area (Å²) in [6, 6.07) is 0.902. The van der Waals surface area contributed by atoms with E-state index in [-0.39, 0.29) is 0 Å². The van der Waals surface area contributed by atoms with Crippen molar-refractivity contribution in [2.24, 2.45) is 5.41 Å². The average molecular weight is 212 g/mol. The molecule has 2 aliphatic rings. The molecule has 1 aliphatic carbocycles. The summed E-state index contributed by atoms with van der Waals surface area (Å²) >= 11 is 0. The largest absolute Gasteiger partial charge is 0.380 e. The van der Waals surface area contributed by atoms with Crippen LogP contribution >= 0.6 is 0 Å². The summed E-state index contributed by atoms with van der Waals surface area (Å²) in [5, 5.41) is 3.55. The van der Waals surface area contributed by atoms with Gasteiger partial charge in [-0.15, -0.1) is 0 Å². The molecule has 0 aromatic rings. The predicted octanol–water partition coefficient (Wildman–Crippen LogP) is 1.10. The van der Waals surface area contributed by atoms with E-state index in [4.69, 9.17) is 4.74 Å².